The first kappa shape index (κ1) is 23.3. The zero-order valence-corrected chi connectivity index (χ0v) is 17.1. The number of hydrogen-bond acceptors (Lipinski definition) is 11. The summed E-state index contributed by atoms with van der Waals surface area (Å²) < 4.78 is 62.4. The lowest BCUT2D eigenvalue weighted by Crippen LogP contribution is -2.30. The van der Waals surface area contributed by atoms with Crippen LogP contribution >= 0.6 is 23.2 Å². The van der Waals surface area contributed by atoms with Gasteiger partial charge in [0.25, 0.3) is 0 Å². The molecule has 1 saturated heterocycles. The van der Waals surface area contributed by atoms with Gasteiger partial charge in [-0.1, -0.05) is 0 Å². The standard InChI is InChI=1S/C10H15FN5O11P3/c11-5-7(17)4(1-28(18,19)26-30(23,24)27-29(20,21)22)25-10(5)16-3-15-6-8(12)13-2-14-9(6)16/h2-5,7,10,17H,1H2,(H,18,19)(H,23,24)(H2,12,13,14)(H2,20,21,22)/t4-,5-,7-,10-/m1/s1. The molecule has 1 aliphatic rings. The molecule has 0 amide bonds. The second-order valence-corrected chi connectivity index (χ2v) is 10.9. The summed E-state index contributed by atoms with van der Waals surface area (Å²) >= 11 is 0. The van der Waals surface area contributed by atoms with E-state index < -0.39 is 54.0 Å². The summed E-state index contributed by atoms with van der Waals surface area (Å²) in [7, 11) is -16.4. The van der Waals surface area contributed by atoms with E-state index in [4.69, 9.17) is 20.3 Å². The highest BCUT2D eigenvalue weighted by Crippen LogP contribution is 2.66. The third kappa shape index (κ3) is 5.10. The molecule has 3 heterocycles. The van der Waals surface area contributed by atoms with Gasteiger partial charge in [0.15, 0.2) is 23.9 Å². The SMILES string of the molecule is Nc1ncnc2c1ncn2[C@@H]1O[C@H](CP(=O)(O)OP(=O)(O)OP(=O)(O)O)[C@@H](O)[C@H]1F. The second kappa shape index (κ2) is 7.97. The number of hydrogen-bond donors (Lipinski definition) is 6. The Morgan fingerprint density at radius 3 is 2.47 bits per heavy atom. The van der Waals surface area contributed by atoms with Gasteiger partial charge in [0, 0.05) is 0 Å². The van der Waals surface area contributed by atoms with Crippen LogP contribution in [-0.2, 0) is 27.1 Å². The fourth-order valence-corrected chi connectivity index (χ4v) is 6.48. The Hall–Kier alpha value is -1.35. The van der Waals surface area contributed by atoms with Crippen molar-refractivity contribution in [2.45, 2.75) is 24.6 Å². The van der Waals surface area contributed by atoms with Gasteiger partial charge in [-0.3, -0.25) is 9.13 Å². The molecule has 0 radical (unpaired) electrons. The summed E-state index contributed by atoms with van der Waals surface area (Å²) in [6.07, 6.45) is -6.50. The molecule has 2 aromatic rings. The minimum absolute atomic E-state index is 0.0127. The molecule has 2 unspecified atom stereocenters. The highest BCUT2D eigenvalue weighted by atomic mass is 31.3. The average molecular weight is 493 g/mol. The van der Waals surface area contributed by atoms with E-state index in [2.05, 4.69) is 23.6 Å². The van der Waals surface area contributed by atoms with Crippen LogP contribution in [0.2, 0.25) is 0 Å². The van der Waals surface area contributed by atoms with Crippen molar-refractivity contribution in [3.8, 4) is 0 Å². The Morgan fingerprint density at radius 2 is 1.83 bits per heavy atom. The van der Waals surface area contributed by atoms with Crippen LogP contribution in [0.5, 0.6) is 0 Å². The van der Waals surface area contributed by atoms with E-state index in [1.165, 1.54) is 0 Å². The lowest BCUT2D eigenvalue weighted by atomic mass is 10.2. The van der Waals surface area contributed by atoms with Crippen LogP contribution in [0.15, 0.2) is 12.7 Å². The van der Waals surface area contributed by atoms with Crippen molar-refractivity contribution in [2.24, 2.45) is 0 Å². The molecule has 2 aromatic heterocycles. The first-order valence-corrected chi connectivity index (χ1v) is 12.5. The minimum Gasteiger partial charge on any atom is -0.387 e. The lowest BCUT2D eigenvalue weighted by Gasteiger charge is -2.20. The number of aliphatic hydroxyl groups excluding tert-OH is 1. The van der Waals surface area contributed by atoms with Gasteiger partial charge in [-0.15, -0.1) is 0 Å². The number of halogens is 1. The van der Waals surface area contributed by atoms with Gasteiger partial charge < -0.3 is 35.2 Å². The number of rotatable bonds is 7. The predicted molar refractivity (Wildman–Crippen MR) is 93.3 cm³/mol. The van der Waals surface area contributed by atoms with E-state index in [1.54, 1.807) is 0 Å². The number of nitrogen functional groups attached to an aromatic ring is 1. The van der Waals surface area contributed by atoms with Gasteiger partial charge >= 0.3 is 23.2 Å². The third-order valence-corrected chi connectivity index (χ3v) is 8.15. The van der Waals surface area contributed by atoms with Crippen molar-refractivity contribution < 1.29 is 56.1 Å². The molecule has 20 heteroatoms. The van der Waals surface area contributed by atoms with Crippen LogP contribution in [0.25, 0.3) is 11.2 Å². The molecule has 1 fully saturated rings. The number of nitrogens with two attached hydrogens (primary N) is 1. The second-order valence-electron chi connectivity index (χ2n) is 6.03. The van der Waals surface area contributed by atoms with Crippen LogP contribution in [-0.4, -0.2) is 68.7 Å². The maximum Gasteiger partial charge on any atom is 0.488 e. The lowest BCUT2D eigenvalue weighted by molar-refractivity contribution is -0.0139. The molecule has 7 N–H and O–H groups in total. The highest BCUT2D eigenvalue weighted by Gasteiger charge is 2.50. The zero-order valence-electron chi connectivity index (χ0n) is 14.4. The van der Waals surface area contributed by atoms with Crippen molar-refractivity contribution in [3.05, 3.63) is 12.7 Å². The van der Waals surface area contributed by atoms with Crippen molar-refractivity contribution in [1.82, 2.24) is 19.5 Å². The molecule has 0 bridgehead atoms. The summed E-state index contributed by atoms with van der Waals surface area (Å²) in [5.74, 6) is -0.0127. The largest absolute Gasteiger partial charge is 0.488 e. The molecule has 0 aliphatic carbocycles. The highest BCUT2D eigenvalue weighted by molar-refractivity contribution is 7.68. The minimum atomic E-state index is -5.68. The van der Waals surface area contributed by atoms with Gasteiger partial charge in [-0.05, 0) is 0 Å². The van der Waals surface area contributed by atoms with Crippen LogP contribution in [0.1, 0.15) is 6.23 Å². The Balaban J connectivity index is 1.78. The van der Waals surface area contributed by atoms with E-state index in [-0.39, 0.29) is 17.0 Å². The van der Waals surface area contributed by atoms with Crippen LogP contribution in [0, 0.1) is 0 Å². The number of aliphatic hydroxyl groups is 1. The van der Waals surface area contributed by atoms with Gasteiger partial charge in [-0.25, -0.2) is 32.8 Å². The number of alkyl halides is 1. The molecule has 1 aliphatic heterocycles. The first-order valence-electron chi connectivity index (χ1n) is 7.72. The van der Waals surface area contributed by atoms with E-state index >= 15 is 0 Å². The molecular weight excluding hydrogens is 478 g/mol. The molecule has 0 aromatic carbocycles. The van der Waals surface area contributed by atoms with Crippen molar-refractivity contribution >= 4 is 40.2 Å². The number of anilines is 1. The fourth-order valence-electron chi connectivity index (χ4n) is 2.71. The molecule has 168 valence electrons. The summed E-state index contributed by atoms with van der Waals surface area (Å²) in [4.78, 5) is 47.5. The number of ether oxygens (including phenoxy) is 1. The Morgan fingerprint density at radius 1 is 1.17 bits per heavy atom. The van der Waals surface area contributed by atoms with E-state index in [9.17, 15) is 33.0 Å². The monoisotopic (exact) mass is 493 g/mol. The van der Waals surface area contributed by atoms with Crippen LogP contribution in [0.3, 0.4) is 0 Å². The summed E-state index contributed by atoms with van der Waals surface area (Å²) in [6, 6.07) is 0. The Kier molecular flexibility index (Phi) is 6.19. The molecule has 6 atom stereocenters. The number of aromatic nitrogens is 4. The molecule has 16 nitrogen and oxygen atoms in total. The predicted octanol–water partition coefficient (Wildman–Crippen LogP) is -0.583. The summed E-state index contributed by atoms with van der Waals surface area (Å²) in [5, 5.41) is 10.0. The molecule has 0 spiro atoms. The smallest absolute Gasteiger partial charge is 0.387 e. The van der Waals surface area contributed by atoms with Gasteiger partial charge in [0.05, 0.1) is 12.5 Å². The van der Waals surface area contributed by atoms with Crippen LogP contribution in [0.4, 0.5) is 10.2 Å². The number of nitrogens with zero attached hydrogens (tertiary/aromatic N) is 4. The third-order valence-electron chi connectivity index (χ3n) is 3.81. The quantitative estimate of drug-likeness (QED) is 0.264. The van der Waals surface area contributed by atoms with E-state index in [0.29, 0.717) is 0 Å². The van der Waals surface area contributed by atoms with Gasteiger partial charge in [-0.2, -0.15) is 4.31 Å². The average Bonchev–Trinajstić information content (AvgIpc) is 3.09. The van der Waals surface area contributed by atoms with E-state index in [1.807, 2.05) is 0 Å². The van der Waals surface area contributed by atoms with Crippen molar-refractivity contribution in [3.63, 3.8) is 0 Å². The maximum atomic E-state index is 14.6. The van der Waals surface area contributed by atoms with Gasteiger partial charge in [0.2, 0.25) is 0 Å². The number of phosphoric acid groups is 2. The fraction of sp³-hybridized carbons (Fsp3) is 0.500. The number of fused-ring (bicyclic) bond motifs is 1. The summed E-state index contributed by atoms with van der Waals surface area (Å²) in [5.41, 5.74) is 5.78. The summed E-state index contributed by atoms with van der Waals surface area (Å²) in [6.45, 7) is 0. The first-order chi connectivity index (χ1) is 13.7. The van der Waals surface area contributed by atoms with Crippen molar-refractivity contribution in [1.29, 1.82) is 0 Å². The molecule has 30 heavy (non-hydrogen) atoms. The van der Waals surface area contributed by atoms with Gasteiger partial charge in [0.1, 0.15) is 24.1 Å². The molecule has 0 saturated carbocycles. The van der Waals surface area contributed by atoms with E-state index in [0.717, 1.165) is 17.2 Å². The Bertz CT molecular complexity index is 1090. The molecule has 3 rings (SSSR count). The van der Waals surface area contributed by atoms with Crippen LogP contribution < -0.4 is 5.73 Å². The topological polar surface area (TPSA) is 250 Å². The number of imidazole rings is 1. The molecular formula is C10H15FN5O11P3. The Labute approximate surface area is 165 Å². The van der Waals surface area contributed by atoms with Crippen molar-refractivity contribution in [2.75, 3.05) is 11.9 Å². The normalized spacial score (nSPS) is 29.0. The maximum absolute atomic E-state index is 14.6. The zero-order chi connectivity index (χ0) is 22.5.